The Morgan fingerprint density at radius 3 is 2.33 bits per heavy atom. The molecule has 1 aromatic heterocycles. The van der Waals surface area contributed by atoms with Gasteiger partial charge in [0.05, 0.1) is 0 Å². The number of ether oxygens (including phenoxy) is 1. The quantitative estimate of drug-likeness (QED) is 0.506. The number of nitrogens with zero attached hydrogens (tertiary/aromatic N) is 3. The maximum absolute atomic E-state index is 13.3. The van der Waals surface area contributed by atoms with Gasteiger partial charge in [-0.15, -0.1) is 0 Å². The molecule has 2 aliphatic rings. The predicted octanol–water partition coefficient (Wildman–Crippen LogP) is 4.19. The third-order valence-corrected chi connectivity index (χ3v) is 6.93. The molecule has 0 aliphatic carbocycles. The van der Waals surface area contributed by atoms with E-state index in [-0.39, 0.29) is 11.8 Å². The molecule has 1 fully saturated rings. The fourth-order valence-corrected chi connectivity index (χ4v) is 5.16. The monoisotopic (exact) mass is 489 g/mol. The number of carbonyl (C=O) groups excluding carboxylic acids is 2. The number of piperidine rings is 1. The number of primary amides is 1. The topological polar surface area (TPSA) is 102 Å². The maximum atomic E-state index is 13.3. The van der Waals surface area contributed by atoms with Crippen molar-refractivity contribution in [3.63, 3.8) is 0 Å². The largest absolute Gasteiger partial charge is 0.457 e. The lowest BCUT2D eigenvalue weighted by Gasteiger charge is -2.37. The van der Waals surface area contributed by atoms with E-state index in [1.165, 1.54) is 4.90 Å². The molecule has 9 heteroatoms. The lowest BCUT2D eigenvalue weighted by atomic mass is 9.81. The van der Waals surface area contributed by atoms with Crippen molar-refractivity contribution in [3.8, 4) is 22.8 Å². The third-order valence-electron chi connectivity index (χ3n) is 6.93. The molecule has 0 spiro atoms. The van der Waals surface area contributed by atoms with Gasteiger partial charge in [-0.3, -0.25) is 9.59 Å². The molecule has 186 valence electrons. The molecular weight excluding hydrogens is 461 g/mol. The normalized spacial score (nSPS) is 17.7. The molecule has 3 heterocycles. The molecule has 0 bridgehead atoms. The van der Waals surface area contributed by atoms with Crippen LogP contribution in [0.5, 0.6) is 11.5 Å². The summed E-state index contributed by atoms with van der Waals surface area (Å²) in [4.78, 5) is 30.9. The number of hydrogen-bond donors (Lipinski definition) is 2. The summed E-state index contributed by atoms with van der Waals surface area (Å²) in [5.41, 5.74) is 10.7. The Morgan fingerprint density at radius 2 is 1.69 bits per heavy atom. The minimum Gasteiger partial charge on any atom is -0.457 e. The molecule has 0 radical (unpaired) electrons. The molecule has 8 nitrogen and oxygen atoms in total. The summed E-state index contributed by atoms with van der Waals surface area (Å²) >= 11 is 0. The molecule has 2 amide bonds. The molecule has 0 saturated carbocycles. The van der Waals surface area contributed by atoms with Crippen LogP contribution in [0, 0.1) is 5.92 Å². The number of amides is 2. The van der Waals surface area contributed by atoms with Crippen LogP contribution in [-0.2, 0) is 4.79 Å². The molecule has 2 aliphatic heterocycles. The number of rotatable bonds is 6. The van der Waals surface area contributed by atoms with E-state index in [2.05, 4.69) is 12.0 Å². The lowest BCUT2D eigenvalue weighted by molar-refractivity contribution is -0.130. The predicted molar refractivity (Wildman–Crippen MR) is 134 cm³/mol. The summed E-state index contributed by atoms with van der Waals surface area (Å²) in [6.45, 7) is 4.72. The number of benzene rings is 2. The summed E-state index contributed by atoms with van der Waals surface area (Å²) in [6.07, 6.45) is 2.29. The van der Waals surface area contributed by atoms with Crippen LogP contribution in [-0.4, -0.2) is 46.0 Å². The fraction of sp³-hybridized carbons (Fsp3) is 0.296. The van der Waals surface area contributed by atoms with Gasteiger partial charge in [0.25, 0.3) is 11.8 Å². The Labute approximate surface area is 208 Å². The number of fused-ring (bicyclic) bond motifs is 1. The minimum atomic E-state index is -0.929. The highest BCUT2D eigenvalue weighted by atomic mass is 19.1. The van der Waals surface area contributed by atoms with Gasteiger partial charge in [0.1, 0.15) is 23.0 Å². The standard InChI is InChI=1S/C27H28FN5O3/c1-17(28)27(35)32-15-12-18(13-16-32)22-11-14-30-33-24(25(29)34)23(31-26(22)33)19-7-9-21(10-8-19)36-20-5-3-2-4-6-20/h2-10,18,22,30H,1,11-16H2,(H2,29,34). The van der Waals surface area contributed by atoms with Crippen molar-refractivity contribution in [2.75, 3.05) is 25.1 Å². The highest BCUT2D eigenvalue weighted by molar-refractivity contribution is 5.97. The van der Waals surface area contributed by atoms with Gasteiger partial charge in [-0.05, 0) is 61.6 Å². The first-order chi connectivity index (χ1) is 17.4. The van der Waals surface area contributed by atoms with Gasteiger partial charge in [-0.1, -0.05) is 24.8 Å². The zero-order valence-corrected chi connectivity index (χ0v) is 19.8. The highest BCUT2D eigenvalue weighted by Gasteiger charge is 2.36. The van der Waals surface area contributed by atoms with Crippen LogP contribution in [0.15, 0.2) is 67.0 Å². The van der Waals surface area contributed by atoms with Gasteiger partial charge >= 0.3 is 0 Å². The molecular formula is C27H28FN5O3. The summed E-state index contributed by atoms with van der Waals surface area (Å²) in [5, 5.41) is 0. The van der Waals surface area contributed by atoms with E-state index < -0.39 is 17.6 Å². The Kier molecular flexibility index (Phi) is 6.45. The number of nitrogens with one attached hydrogen (secondary N) is 1. The SMILES string of the molecule is C=C(F)C(=O)N1CCC(C2CCNn3c2nc(-c2ccc(Oc4ccccc4)cc2)c3C(N)=O)CC1. The van der Waals surface area contributed by atoms with E-state index in [9.17, 15) is 14.0 Å². The number of imidazole rings is 1. The first kappa shape index (κ1) is 23.6. The minimum absolute atomic E-state index is 0.0876. The van der Waals surface area contributed by atoms with E-state index in [1.807, 2.05) is 54.6 Å². The van der Waals surface area contributed by atoms with Crippen LogP contribution < -0.4 is 15.9 Å². The fourth-order valence-electron chi connectivity index (χ4n) is 5.16. The van der Waals surface area contributed by atoms with Crippen molar-refractivity contribution in [3.05, 3.63) is 78.5 Å². The second-order valence-corrected chi connectivity index (χ2v) is 9.14. The molecule has 5 rings (SSSR count). The summed E-state index contributed by atoms with van der Waals surface area (Å²) < 4.78 is 20.9. The van der Waals surface area contributed by atoms with Gasteiger partial charge in [-0.2, -0.15) is 0 Å². The Morgan fingerprint density at radius 1 is 1.03 bits per heavy atom. The van der Waals surface area contributed by atoms with Crippen LogP contribution in [0.3, 0.4) is 0 Å². The van der Waals surface area contributed by atoms with E-state index >= 15 is 0 Å². The molecule has 1 atom stereocenters. The first-order valence-electron chi connectivity index (χ1n) is 12.1. The Bertz CT molecular complexity index is 1280. The van der Waals surface area contributed by atoms with Crippen molar-refractivity contribution in [1.29, 1.82) is 0 Å². The van der Waals surface area contributed by atoms with Crippen molar-refractivity contribution < 1.29 is 18.7 Å². The maximum Gasteiger partial charge on any atom is 0.281 e. The van der Waals surface area contributed by atoms with Crippen LogP contribution in [0.2, 0.25) is 0 Å². The van der Waals surface area contributed by atoms with Gasteiger partial charge in [0.2, 0.25) is 0 Å². The van der Waals surface area contributed by atoms with E-state index in [0.29, 0.717) is 36.8 Å². The highest BCUT2D eigenvalue weighted by Crippen LogP contribution is 2.39. The van der Waals surface area contributed by atoms with Crippen molar-refractivity contribution in [2.24, 2.45) is 11.7 Å². The number of hydrogen-bond acceptors (Lipinski definition) is 5. The van der Waals surface area contributed by atoms with Crippen molar-refractivity contribution >= 4 is 11.8 Å². The number of para-hydroxylation sites is 1. The number of nitrogens with two attached hydrogens (primary N) is 1. The van der Waals surface area contributed by atoms with Crippen LogP contribution in [0.4, 0.5) is 4.39 Å². The first-order valence-corrected chi connectivity index (χ1v) is 12.1. The Balaban J connectivity index is 1.40. The van der Waals surface area contributed by atoms with Gasteiger partial charge < -0.3 is 20.8 Å². The molecule has 3 aromatic rings. The summed E-state index contributed by atoms with van der Waals surface area (Å²) in [7, 11) is 0. The molecule has 36 heavy (non-hydrogen) atoms. The van der Waals surface area contributed by atoms with Crippen LogP contribution in [0.25, 0.3) is 11.3 Å². The smallest absolute Gasteiger partial charge is 0.281 e. The van der Waals surface area contributed by atoms with E-state index in [0.717, 1.165) is 36.4 Å². The zero-order chi connectivity index (χ0) is 25.2. The lowest BCUT2D eigenvalue weighted by Crippen LogP contribution is -2.42. The van der Waals surface area contributed by atoms with E-state index in [1.54, 1.807) is 4.68 Å². The third kappa shape index (κ3) is 4.56. The van der Waals surface area contributed by atoms with Gasteiger partial charge in [-0.25, -0.2) is 14.1 Å². The average Bonchev–Trinajstić information content (AvgIpc) is 3.29. The Hall–Kier alpha value is -4.14. The van der Waals surface area contributed by atoms with Crippen molar-refractivity contribution in [2.45, 2.75) is 25.2 Å². The summed E-state index contributed by atoms with van der Waals surface area (Å²) in [5.74, 6) is 0.363. The van der Waals surface area contributed by atoms with Crippen molar-refractivity contribution in [1.82, 2.24) is 14.6 Å². The number of carbonyl (C=O) groups is 2. The number of aromatic nitrogens is 2. The van der Waals surface area contributed by atoms with Gasteiger partial charge in [0, 0.05) is 31.1 Å². The molecule has 1 saturated heterocycles. The summed E-state index contributed by atoms with van der Waals surface area (Å²) in [6, 6.07) is 16.9. The van der Waals surface area contributed by atoms with E-state index in [4.69, 9.17) is 15.5 Å². The molecule has 1 unspecified atom stereocenters. The second-order valence-electron chi connectivity index (χ2n) is 9.14. The number of halogens is 1. The van der Waals surface area contributed by atoms with Gasteiger partial charge in [0.15, 0.2) is 11.5 Å². The number of likely N-dealkylation sites (tertiary alicyclic amines) is 1. The second kappa shape index (κ2) is 9.85. The molecule has 2 aromatic carbocycles. The molecule has 3 N–H and O–H groups in total. The average molecular weight is 490 g/mol. The zero-order valence-electron chi connectivity index (χ0n) is 19.8. The van der Waals surface area contributed by atoms with Crippen LogP contribution >= 0.6 is 0 Å². The van der Waals surface area contributed by atoms with Crippen LogP contribution in [0.1, 0.15) is 41.5 Å².